The SMILES string of the molecule is C=C(CN(C)CC(C)CC)[B-](F)(F)F. The van der Waals surface area contributed by atoms with Crippen molar-refractivity contribution in [3.63, 3.8) is 0 Å². The van der Waals surface area contributed by atoms with Crippen LogP contribution in [0.2, 0.25) is 0 Å². The molecule has 1 atom stereocenters. The minimum atomic E-state index is -4.87. The van der Waals surface area contributed by atoms with Crippen LogP contribution in [-0.2, 0) is 0 Å². The molecule has 0 saturated heterocycles. The number of halogens is 3. The highest BCUT2D eigenvalue weighted by molar-refractivity contribution is 6.66. The van der Waals surface area contributed by atoms with Crippen LogP contribution in [0.25, 0.3) is 0 Å². The van der Waals surface area contributed by atoms with E-state index in [4.69, 9.17) is 0 Å². The van der Waals surface area contributed by atoms with Crippen LogP contribution in [0.3, 0.4) is 0 Å². The molecule has 0 N–H and O–H groups in total. The summed E-state index contributed by atoms with van der Waals surface area (Å²) in [5.74, 6) is 0.425. The van der Waals surface area contributed by atoms with Crippen molar-refractivity contribution >= 4 is 6.98 Å². The maximum Gasteiger partial charge on any atom is 0.506 e. The van der Waals surface area contributed by atoms with E-state index in [2.05, 4.69) is 6.58 Å². The van der Waals surface area contributed by atoms with Gasteiger partial charge in [-0.25, -0.2) is 0 Å². The van der Waals surface area contributed by atoms with Gasteiger partial charge < -0.3 is 17.8 Å². The standard InChI is InChI=1S/C9H18BF3N/c1-5-8(2)6-14(4)7-9(3)10(11,12)13/h8H,3,5-7H2,1-2,4H3/q-1. The molecule has 0 aromatic rings. The Morgan fingerprint density at radius 2 is 1.93 bits per heavy atom. The molecule has 0 amide bonds. The topological polar surface area (TPSA) is 3.24 Å². The van der Waals surface area contributed by atoms with Crippen molar-refractivity contribution < 1.29 is 12.9 Å². The maximum absolute atomic E-state index is 12.2. The van der Waals surface area contributed by atoms with Gasteiger partial charge in [-0.2, -0.15) is 0 Å². The lowest BCUT2D eigenvalue weighted by molar-refractivity contribution is 0.300. The van der Waals surface area contributed by atoms with Crippen molar-refractivity contribution in [2.45, 2.75) is 20.3 Å². The van der Waals surface area contributed by atoms with Gasteiger partial charge in [-0.3, -0.25) is 0 Å². The summed E-state index contributed by atoms with van der Waals surface area (Å²) in [6.07, 6.45) is 0.980. The Morgan fingerprint density at radius 3 is 2.29 bits per heavy atom. The summed E-state index contributed by atoms with van der Waals surface area (Å²) in [5.41, 5.74) is -0.615. The largest absolute Gasteiger partial charge is 0.506 e. The molecule has 0 saturated carbocycles. The highest BCUT2D eigenvalue weighted by Crippen LogP contribution is 2.19. The second-order valence-electron chi connectivity index (χ2n) is 3.94. The zero-order valence-electron chi connectivity index (χ0n) is 9.06. The molecule has 0 fully saturated rings. The van der Waals surface area contributed by atoms with Gasteiger partial charge in [0.05, 0.1) is 0 Å². The first-order valence-electron chi connectivity index (χ1n) is 4.83. The fourth-order valence-corrected chi connectivity index (χ4v) is 1.18. The van der Waals surface area contributed by atoms with Gasteiger partial charge in [-0.15, -0.1) is 12.1 Å². The fraction of sp³-hybridized carbons (Fsp3) is 0.778. The summed E-state index contributed by atoms with van der Waals surface area (Å²) in [5, 5.41) is 0. The predicted molar refractivity (Wildman–Crippen MR) is 55.2 cm³/mol. The molecule has 0 heterocycles. The summed E-state index contributed by atoms with van der Waals surface area (Å²) in [6, 6.07) is 0. The van der Waals surface area contributed by atoms with Crippen molar-refractivity contribution in [1.29, 1.82) is 0 Å². The number of likely N-dealkylation sites (N-methyl/N-ethyl adjacent to an activating group) is 1. The van der Waals surface area contributed by atoms with Gasteiger partial charge in [-0.05, 0) is 19.5 Å². The molecule has 0 rings (SSSR count). The van der Waals surface area contributed by atoms with Crippen LogP contribution in [0.5, 0.6) is 0 Å². The normalized spacial score (nSPS) is 14.5. The van der Waals surface area contributed by atoms with Crippen LogP contribution in [0, 0.1) is 5.92 Å². The minimum absolute atomic E-state index is 0.0756. The highest BCUT2D eigenvalue weighted by Gasteiger charge is 2.27. The van der Waals surface area contributed by atoms with Gasteiger partial charge in [-0.1, -0.05) is 20.3 Å². The first-order chi connectivity index (χ1) is 6.27. The Hall–Kier alpha value is -0.445. The average Bonchev–Trinajstić information content (AvgIpc) is 2.02. The molecular formula is C9H18BF3N-. The van der Waals surface area contributed by atoms with E-state index in [0.29, 0.717) is 12.5 Å². The Balaban J connectivity index is 3.95. The molecule has 0 bridgehead atoms. The first-order valence-corrected chi connectivity index (χ1v) is 4.83. The van der Waals surface area contributed by atoms with E-state index in [1.807, 2.05) is 13.8 Å². The third kappa shape index (κ3) is 5.32. The van der Waals surface area contributed by atoms with Gasteiger partial charge in [0.15, 0.2) is 0 Å². The number of hydrogen-bond acceptors (Lipinski definition) is 1. The summed E-state index contributed by atoms with van der Waals surface area (Å²) in [4.78, 5) is 1.67. The summed E-state index contributed by atoms with van der Waals surface area (Å²) in [6.45, 7) is 2.85. The van der Waals surface area contributed by atoms with Crippen LogP contribution in [-0.4, -0.2) is 32.0 Å². The Bertz CT molecular complexity index is 191. The lowest BCUT2D eigenvalue weighted by Crippen LogP contribution is -2.32. The molecule has 0 aliphatic carbocycles. The first kappa shape index (κ1) is 13.6. The molecule has 1 nitrogen and oxygen atoms in total. The number of rotatable bonds is 6. The molecule has 5 heteroatoms. The second-order valence-corrected chi connectivity index (χ2v) is 3.94. The van der Waals surface area contributed by atoms with Crippen molar-refractivity contribution in [3.05, 3.63) is 12.1 Å². The summed E-state index contributed by atoms with van der Waals surface area (Å²) < 4.78 is 36.5. The van der Waals surface area contributed by atoms with E-state index >= 15 is 0 Å². The predicted octanol–water partition coefficient (Wildman–Crippen LogP) is 2.91. The molecule has 0 radical (unpaired) electrons. The highest BCUT2D eigenvalue weighted by atomic mass is 19.4. The second kappa shape index (κ2) is 5.44. The van der Waals surface area contributed by atoms with E-state index in [-0.39, 0.29) is 6.54 Å². The maximum atomic E-state index is 12.2. The summed E-state index contributed by atoms with van der Waals surface area (Å²) >= 11 is 0. The lowest BCUT2D eigenvalue weighted by Gasteiger charge is -2.26. The molecule has 0 spiro atoms. The Labute approximate surface area is 84.0 Å². The molecule has 84 valence electrons. The summed E-state index contributed by atoms with van der Waals surface area (Å²) in [7, 11) is 1.69. The van der Waals surface area contributed by atoms with Crippen LogP contribution in [0.4, 0.5) is 12.9 Å². The van der Waals surface area contributed by atoms with Crippen molar-refractivity contribution in [3.8, 4) is 0 Å². The minimum Gasteiger partial charge on any atom is -0.445 e. The Kier molecular flexibility index (Phi) is 5.27. The quantitative estimate of drug-likeness (QED) is 0.606. The van der Waals surface area contributed by atoms with Gasteiger partial charge in [0.1, 0.15) is 0 Å². The molecule has 14 heavy (non-hydrogen) atoms. The van der Waals surface area contributed by atoms with Gasteiger partial charge in [0.25, 0.3) is 0 Å². The molecule has 0 aliphatic heterocycles. The van der Waals surface area contributed by atoms with Crippen LogP contribution in [0.1, 0.15) is 20.3 Å². The van der Waals surface area contributed by atoms with Crippen LogP contribution < -0.4 is 0 Å². The van der Waals surface area contributed by atoms with Gasteiger partial charge in [0, 0.05) is 6.54 Å². The molecule has 1 unspecified atom stereocenters. The van der Waals surface area contributed by atoms with Crippen molar-refractivity contribution in [2.75, 3.05) is 20.1 Å². The zero-order valence-corrected chi connectivity index (χ0v) is 9.06. The van der Waals surface area contributed by atoms with Crippen LogP contribution in [0.15, 0.2) is 12.1 Å². The third-order valence-corrected chi connectivity index (χ3v) is 2.26. The molecule has 0 aliphatic rings. The smallest absolute Gasteiger partial charge is 0.445 e. The van der Waals surface area contributed by atoms with E-state index in [1.165, 1.54) is 0 Å². The molecule has 0 aromatic carbocycles. The monoisotopic (exact) mass is 208 g/mol. The third-order valence-electron chi connectivity index (χ3n) is 2.26. The lowest BCUT2D eigenvalue weighted by atomic mass is 9.80. The Morgan fingerprint density at radius 1 is 1.43 bits per heavy atom. The van der Waals surface area contributed by atoms with Crippen LogP contribution >= 0.6 is 0 Å². The van der Waals surface area contributed by atoms with E-state index in [0.717, 1.165) is 6.42 Å². The average molecular weight is 208 g/mol. The van der Waals surface area contributed by atoms with Crippen molar-refractivity contribution in [2.24, 2.45) is 5.92 Å². The van der Waals surface area contributed by atoms with E-state index in [9.17, 15) is 12.9 Å². The molecule has 0 aromatic heterocycles. The fourth-order valence-electron chi connectivity index (χ4n) is 1.18. The zero-order chi connectivity index (χ0) is 11.4. The van der Waals surface area contributed by atoms with Gasteiger partial charge >= 0.3 is 6.98 Å². The van der Waals surface area contributed by atoms with Crippen molar-refractivity contribution in [1.82, 2.24) is 4.90 Å². The van der Waals surface area contributed by atoms with Gasteiger partial charge in [0.2, 0.25) is 0 Å². The van der Waals surface area contributed by atoms with E-state index in [1.54, 1.807) is 11.9 Å². The number of hydrogen-bond donors (Lipinski definition) is 0. The number of nitrogens with zero attached hydrogens (tertiary/aromatic N) is 1. The van der Waals surface area contributed by atoms with E-state index < -0.39 is 12.4 Å². The molecular weight excluding hydrogens is 190 g/mol.